The Morgan fingerprint density at radius 2 is 1.94 bits per heavy atom. The molecule has 0 spiro atoms. The van der Waals surface area contributed by atoms with Crippen LogP contribution >= 0.6 is 0 Å². The predicted octanol–water partition coefficient (Wildman–Crippen LogP) is 4.77. The van der Waals surface area contributed by atoms with Gasteiger partial charge in [0.15, 0.2) is 5.54 Å². The van der Waals surface area contributed by atoms with Crippen molar-refractivity contribution in [1.82, 2.24) is 4.98 Å². The van der Waals surface area contributed by atoms with Gasteiger partial charge in [0.1, 0.15) is 11.6 Å². The van der Waals surface area contributed by atoms with Crippen molar-refractivity contribution in [3.8, 4) is 11.8 Å². The molecule has 0 saturated carbocycles. The summed E-state index contributed by atoms with van der Waals surface area (Å²) < 4.78 is 5.74. The third kappa shape index (κ3) is 5.16. The zero-order chi connectivity index (χ0) is 23.0. The van der Waals surface area contributed by atoms with Crippen LogP contribution in [0.4, 0.5) is 11.5 Å². The van der Waals surface area contributed by atoms with Crippen molar-refractivity contribution in [1.29, 1.82) is 5.26 Å². The molecule has 3 aromatic rings. The van der Waals surface area contributed by atoms with Gasteiger partial charge >= 0.3 is 5.97 Å². The highest BCUT2D eigenvalue weighted by atomic mass is 16.5. The van der Waals surface area contributed by atoms with Gasteiger partial charge in [-0.2, -0.15) is 5.26 Å². The maximum absolute atomic E-state index is 12.6. The maximum atomic E-state index is 12.6. The first kappa shape index (κ1) is 22.6. The molecule has 3 N–H and O–H groups in total. The summed E-state index contributed by atoms with van der Waals surface area (Å²) in [5, 5.41) is 25.7. The van der Waals surface area contributed by atoms with E-state index in [2.05, 4.69) is 21.7 Å². The molecular weight excluding hydrogens is 404 g/mol. The van der Waals surface area contributed by atoms with Crippen LogP contribution in [0.15, 0.2) is 66.9 Å². The molecule has 2 aromatic carbocycles. The number of rotatable bonds is 10. The van der Waals surface area contributed by atoms with Crippen molar-refractivity contribution < 1.29 is 14.6 Å². The molecule has 1 aromatic heterocycles. The zero-order valence-electron chi connectivity index (χ0n) is 18.1. The minimum atomic E-state index is -1.37. The summed E-state index contributed by atoms with van der Waals surface area (Å²) in [5.74, 6) is 0.330. The Balaban J connectivity index is 1.99. The van der Waals surface area contributed by atoms with E-state index in [9.17, 15) is 9.90 Å². The van der Waals surface area contributed by atoms with Crippen molar-refractivity contribution in [3.05, 3.63) is 83.6 Å². The lowest BCUT2D eigenvalue weighted by molar-refractivity contribution is -0.142. The molecule has 7 heteroatoms. The van der Waals surface area contributed by atoms with E-state index in [0.717, 1.165) is 11.4 Å². The molecule has 7 nitrogen and oxygen atoms in total. The molecule has 3 rings (SSSR count). The van der Waals surface area contributed by atoms with Crippen LogP contribution in [0.1, 0.15) is 37.0 Å². The quantitative estimate of drug-likeness (QED) is 0.425. The van der Waals surface area contributed by atoms with Crippen molar-refractivity contribution in [2.45, 2.75) is 32.4 Å². The number of pyridine rings is 1. The van der Waals surface area contributed by atoms with Gasteiger partial charge in [0.05, 0.1) is 18.2 Å². The number of ether oxygens (including phenoxy) is 1. The van der Waals surface area contributed by atoms with Crippen LogP contribution in [0.3, 0.4) is 0 Å². The second kappa shape index (κ2) is 10.3. The number of aliphatic carboxylic acids is 1. The molecule has 0 saturated heterocycles. The number of carboxylic acid groups (broad SMARTS) is 1. The number of aromatic nitrogens is 1. The highest BCUT2D eigenvalue weighted by Gasteiger charge is 2.39. The molecule has 1 heterocycles. The molecule has 0 bridgehead atoms. The first-order chi connectivity index (χ1) is 15.5. The summed E-state index contributed by atoms with van der Waals surface area (Å²) in [6.07, 6.45) is 2.00. The summed E-state index contributed by atoms with van der Waals surface area (Å²) in [7, 11) is 0. The molecule has 0 fully saturated rings. The predicted molar refractivity (Wildman–Crippen MR) is 124 cm³/mol. The van der Waals surface area contributed by atoms with Gasteiger partial charge in [0.2, 0.25) is 0 Å². The van der Waals surface area contributed by atoms with Crippen LogP contribution < -0.4 is 15.4 Å². The molecule has 1 atom stereocenters. The summed E-state index contributed by atoms with van der Waals surface area (Å²) >= 11 is 0. The molecular formula is C25H26N4O3. The molecule has 0 radical (unpaired) electrons. The van der Waals surface area contributed by atoms with Crippen LogP contribution in [-0.4, -0.2) is 22.7 Å². The van der Waals surface area contributed by atoms with Gasteiger partial charge in [-0.15, -0.1) is 0 Å². The Kier molecular flexibility index (Phi) is 7.29. The van der Waals surface area contributed by atoms with Crippen LogP contribution in [0.5, 0.6) is 5.75 Å². The number of benzene rings is 2. The number of nitrogens with one attached hydrogen (secondary N) is 2. The standard InChI is InChI=1S/C25H26N4O3/c1-3-25(24(30)31,29-21-10-8-18(16-26)9-11-21)20-13-19(14-22(15-20)32-4-2)17-28-23-7-5-6-12-27-23/h5-15,29H,3-4,17H2,1-2H3,(H,27,28)(H,30,31). The van der Waals surface area contributed by atoms with E-state index >= 15 is 0 Å². The van der Waals surface area contributed by atoms with E-state index in [0.29, 0.717) is 42.1 Å². The van der Waals surface area contributed by atoms with Crippen LogP contribution in [-0.2, 0) is 16.9 Å². The van der Waals surface area contributed by atoms with Gasteiger partial charge in [0, 0.05) is 18.4 Å². The Morgan fingerprint density at radius 1 is 1.16 bits per heavy atom. The Labute approximate surface area is 187 Å². The van der Waals surface area contributed by atoms with E-state index in [1.165, 1.54) is 0 Å². The summed E-state index contributed by atoms with van der Waals surface area (Å²) in [6.45, 7) is 4.63. The van der Waals surface area contributed by atoms with Crippen LogP contribution in [0, 0.1) is 11.3 Å². The van der Waals surface area contributed by atoms with Gasteiger partial charge in [-0.05, 0) is 73.0 Å². The molecule has 0 amide bonds. The van der Waals surface area contributed by atoms with Crippen molar-refractivity contribution >= 4 is 17.5 Å². The number of carboxylic acids is 1. The third-order valence-electron chi connectivity index (χ3n) is 5.18. The molecule has 0 aliphatic carbocycles. The van der Waals surface area contributed by atoms with E-state index in [4.69, 9.17) is 10.00 Å². The Morgan fingerprint density at radius 3 is 2.53 bits per heavy atom. The Hall–Kier alpha value is -4.05. The molecule has 1 unspecified atom stereocenters. The topological polar surface area (TPSA) is 107 Å². The van der Waals surface area contributed by atoms with Crippen molar-refractivity contribution in [2.24, 2.45) is 0 Å². The number of hydrogen-bond donors (Lipinski definition) is 3. The lowest BCUT2D eigenvalue weighted by Crippen LogP contribution is -2.43. The summed E-state index contributed by atoms with van der Waals surface area (Å²) in [6, 6.07) is 19.9. The lowest BCUT2D eigenvalue weighted by atomic mass is 9.85. The van der Waals surface area contributed by atoms with Gasteiger partial charge in [0.25, 0.3) is 0 Å². The summed E-state index contributed by atoms with van der Waals surface area (Å²) in [4.78, 5) is 16.8. The minimum Gasteiger partial charge on any atom is -0.494 e. The average molecular weight is 431 g/mol. The minimum absolute atomic E-state index is 0.297. The number of nitrogens with zero attached hydrogens (tertiary/aromatic N) is 2. The second-order valence-electron chi connectivity index (χ2n) is 7.25. The average Bonchev–Trinajstić information content (AvgIpc) is 2.82. The number of hydrogen-bond acceptors (Lipinski definition) is 6. The molecule has 0 aliphatic heterocycles. The van der Waals surface area contributed by atoms with E-state index in [1.54, 1.807) is 36.5 Å². The Bertz CT molecular complexity index is 1090. The number of carbonyl (C=O) groups is 1. The fraction of sp³-hybridized carbons (Fsp3) is 0.240. The molecule has 0 aliphatic rings. The fourth-order valence-electron chi connectivity index (χ4n) is 3.49. The maximum Gasteiger partial charge on any atom is 0.334 e. The largest absolute Gasteiger partial charge is 0.494 e. The molecule has 32 heavy (non-hydrogen) atoms. The SMILES string of the molecule is CCOc1cc(CNc2ccccn2)cc(C(CC)(Nc2ccc(C#N)cc2)C(=O)O)c1. The number of nitriles is 1. The molecule has 164 valence electrons. The zero-order valence-corrected chi connectivity index (χ0v) is 18.1. The highest BCUT2D eigenvalue weighted by Crippen LogP contribution is 2.34. The van der Waals surface area contributed by atoms with Gasteiger partial charge in [-0.25, -0.2) is 9.78 Å². The van der Waals surface area contributed by atoms with Crippen molar-refractivity contribution in [2.75, 3.05) is 17.2 Å². The first-order valence-electron chi connectivity index (χ1n) is 10.4. The monoisotopic (exact) mass is 430 g/mol. The lowest BCUT2D eigenvalue weighted by Gasteiger charge is -2.32. The highest BCUT2D eigenvalue weighted by molar-refractivity contribution is 5.85. The fourth-order valence-corrected chi connectivity index (χ4v) is 3.49. The second-order valence-corrected chi connectivity index (χ2v) is 7.25. The summed E-state index contributed by atoms with van der Waals surface area (Å²) in [5.41, 5.74) is 1.21. The number of anilines is 2. The smallest absolute Gasteiger partial charge is 0.334 e. The van der Waals surface area contributed by atoms with E-state index in [1.807, 2.05) is 44.2 Å². The van der Waals surface area contributed by atoms with Crippen LogP contribution in [0.2, 0.25) is 0 Å². The van der Waals surface area contributed by atoms with Crippen LogP contribution in [0.25, 0.3) is 0 Å². The van der Waals surface area contributed by atoms with E-state index < -0.39 is 11.5 Å². The third-order valence-corrected chi connectivity index (χ3v) is 5.18. The van der Waals surface area contributed by atoms with Gasteiger partial charge in [-0.3, -0.25) is 0 Å². The first-order valence-corrected chi connectivity index (χ1v) is 10.4. The van der Waals surface area contributed by atoms with Crippen molar-refractivity contribution in [3.63, 3.8) is 0 Å². The van der Waals surface area contributed by atoms with E-state index in [-0.39, 0.29) is 0 Å². The van der Waals surface area contributed by atoms with Gasteiger partial charge in [-0.1, -0.05) is 19.1 Å². The normalized spacial score (nSPS) is 12.3. The van der Waals surface area contributed by atoms with Gasteiger partial charge < -0.3 is 20.5 Å².